The molecule has 0 radical (unpaired) electrons. The van der Waals surface area contributed by atoms with E-state index in [2.05, 4.69) is 28.7 Å². The van der Waals surface area contributed by atoms with Crippen LogP contribution >= 0.6 is 0 Å². The molecule has 1 aromatic rings. The smallest absolute Gasteiger partial charge is 0.106 e. The molecule has 15 heavy (non-hydrogen) atoms. The van der Waals surface area contributed by atoms with Gasteiger partial charge in [-0.15, -0.1) is 0 Å². The van der Waals surface area contributed by atoms with Gasteiger partial charge in [-0.2, -0.15) is 0 Å². The van der Waals surface area contributed by atoms with Crippen molar-refractivity contribution >= 4 is 0 Å². The highest BCUT2D eigenvalue weighted by molar-refractivity contribution is 5.19. The maximum atomic E-state index is 4.69. The van der Waals surface area contributed by atoms with E-state index in [1.54, 1.807) is 0 Å². The van der Waals surface area contributed by atoms with Crippen LogP contribution in [0.2, 0.25) is 0 Å². The van der Waals surface area contributed by atoms with E-state index >= 15 is 0 Å². The summed E-state index contributed by atoms with van der Waals surface area (Å²) in [6, 6.07) is 0. The first kappa shape index (κ1) is 10.7. The predicted molar refractivity (Wildman–Crippen MR) is 62.1 cm³/mol. The summed E-state index contributed by atoms with van der Waals surface area (Å²) < 4.78 is 2.41. The van der Waals surface area contributed by atoms with Crippen molar-refractivity contribution in [2.24, 2.45) is 5.92 Å². The molecule has 1 aliphatic heterocycles. The number of nitrogens with zero attached hydrogens (tertiary/aromatic N) is 2. The lowest BCUT2D eigenvalue weighted by Gasteiger charge is -2.22. The fourth-order valence-electron chi connectivity index (χ4n) is 2.42. The van der Waals surface area contributed by atoms with E-state index in [9.17, 15) is 0 Å². The van der Waals surface area contributed by atoms with Crippen molar-refractivity contribution in [1.82, 2.24) is 14.9 Å². The second-order valence-electron chi connectivity index (χ2n) is 4.66. The van der Waals surface area contributed by atoms with Crippen molar-refractivity contribution in [3.05, 3.63) is 17.2 Å². The molecule has 0 bridgehead atoms. The highest BCUT2D eigenvalue weighted by Gasteiger charge is 2.20. The molecule has 0 saturated carbocycles. The van der Waals surface area contributed by atoms with Crippen LogP contribution in [0.4, 0.5) is 0 Å². The molecule has 0 amide bonds. The molecular formula is C12H21N3. The topological polar surface area (TPSA) is 29.9 Å². The zero-order valence-electron chi connectivity index (χ0n) is 10.0. The molecule has 0 fully saturated rings. The number of likely N-dealkylation sites (N-methyl/N-ethyl adjacent to an activating group) is 1. The van der Waals surface area contributed by atoms with Gasteiger partial charge in [-0.3, -0.25) is 0 Å². The molecule has 1 aromatic heterocycles. The number of nitrogens with one attached hydrogen (secondary N) is 1. The number of rotatable bonds is 3. The molecule has 0 aromatic carbocycles. The predicted octanol–water partition coefficient (Wildman–Crippen LogP) is 1.54. The number of aromatic nitrogens is 2. The standard InChI is InChI=1S/C12H21N3/c1-9-5-7-15-10(2)14-11(4-6-13-3)12(15)8-9/h9,13H,4-8H2,1-3H3. The Morgan fingerprint density at radius 3 is 3.07 bits per heavy atom. The van der Waals surface area contributed by atoms with E-state index in [0.29, 0.717) is 0 Å². The summed E-state index contributed by atoms with van der Waals surface area (Å²) in [4.78, 5) is 4.69. The molecular weight excluding hydrogens is 186 g/mol. The average Bonchev–Trinajstić information content (AvgIpc) is 2.52. The summed E-state index contributed by atoms with van der Waals surface area (Å²) in [5, 5.41) is 3.19. The van der Waals surface area contributed by atoms with Gasteiger partial charge < -0.3 is 9.88 Å². The molecule has 1 N–H and O–H groups in total. The van der Waals surface area contributed by atoms with Gasteiger partial charge in [-0.1, -0.05) is 6.92 Å². The Balaban J connectivity index is 2.24. The van der Waals surface area contributed by atoms with Gasteiger partial charge in [0.1, 0.15) is 5.82 Å². The van der Waals surface area contributed by atoms with Crippen molar-refractivity contribution < 1.29 is 0 Å². The third-order valence-corrected chi connectivity index (χ3v) is 3.35. The van der Waals surface area contributed by atoms with Crippen molar-refractivity contribution in [3.63, 3.8) is 0 Å². The molecule has 1 atom stereocenters. The molecule has 3 heteroatoms. The van der Waals surface area contributed by atoms with E-state index in [1.807, 2.05) is 7.05 Å². The normalized spacial score (nSPS) is 20.3. The number of fused-ring (bicyclic) bond motifs is 1. The zero-order valence-corrected chi connectivity index (χ0v) is 10.0. The first-order valence-corrected chi connectivity index (χ1v) is 5.92. The Morgan fingerprint density at radius 2 is 2.33 bits per heavy atom. The SMILES string of the molecule is CNCCc1nc(C)n2c1CC(C)CC2. The number of hydrogen-bond donors (Lipinski definition) is 1. The van der Waals surface area contributed by atoms with Crippen molar-refractivity contribution in [3.8, 4) is 0 Å². The summed E-state index contributed by atoms with van der Waals surface area (Å²) in [7, 11) is 2.00. The Bertz CT molecular complexity index is 341. The Morgan fingerprint density at radius 1 is 1.53 bits per heavy atom. The van der Waals surface area contributed by atoms with Crippen LogP contribution < -0.4 is 5.32 Å². The Kier molecular flexibility index (Phi) is 3.10. The van der Waals surface area contributed by atoms with Crippen molar-refractivity contribution in [2.75, 3.05) is 13.6 Å². The van der Waals surface area contributed by atoms with Gasteiger partial charge in [-0.25, -0.2) is 4.98 Å². The maximum Gasteiger partial charge on any atom is 0.106 e. The van der Waals surface area contributed by atoms with Gasteiger partial charge in [0.15, 0.2) is 0 Å². The monoisotopic (exact) mass is 207 g/mol. The number of imidazole rings is 1. The third kappa shape index (κ3) is 2.07. The van der Waals surface area contributed by atoms with Crippen LogP contribution in [0.25, 0.3) is 0 Å². The van der Waals surface area contributed by atoms with Crippen molar-refractivity contribution in [2.45, 2.75) is 39.7 Å². The quantitative estimate of drug-likeness (QED) is 0.814. The first-order chi connectivity index (χ1) is 7.22. The van der Waals surface area contributed by atoms with Crippen LogP contribution in [-0.2, 0) is 19.4 Å². The number of aryl methyl sites for hydroxylation is 1. The van der Waals surface area contributed by atoms with Crippen LogP contribution in [0.1, 0.15) is 30.6 Å². The molecule has 2 heterocycles. The van der Waals surface area contributed by atoms with Crippen LogP contribution in [0.5, 0.6) is 0 Å². The summed E-state index contributed by atoms with van der Waals surface area (Å²) >= 11 is 0. The van der Waals surface area contributed by atoms with Crippen molar-refractivity contribution in [1.29, 1.82) is 0 Å². The van der Waals surface area contributed by atoms with Gasteiger partial charge in [-0.05, 0) is 32.7 Å². The Hall–Kier alpha value is -0.830. The van der Waals surface area contributed by atoms with Crippen LogP contribution in [0, 0.1) is 12.8 Å². The average molecular weight is 207 g/mol. The Labute approximate surface area is 91.9 Å². The lowest BCUT2D eigenvalue weighted by molar-refractivity contribution is 0.410. The second-order valence-corrected chi connectivity index (χ2v) is 4.66. The maximum absolute atomic E-state index is 4.69. The fourth-order valence-corrected chi connectivity index (χ4v) is 2.42. The molecule has 0 aliphatic carbocycles. The minimum Gasteiger partial charge on any atom is -0.332 e. The van der Waals surface area contributed by atoms with Gasteiger partial charge in [0.2, 0.25) is 0 Å². The lowest BCUT2D eigenvalue weighted by atomic mass is 9.96. The van der Waals surface area contributed by atoms with Crippen LogP contribution in [0.3, 0.4) is 0 Å². The second kappa shape index (κ2) is 4.35. The number of hydrogen-bond acceptors (Lipinski definition) is 2. The van der Waals surface area contributed by atoms with Gasteiger partial charge >= 0.3 is 0 Å². The summed E-state index contributed by atoms with van der Waals surface area (Å²) in [5.74, 6) is 2.02. The van der Waals surface area contributed by atoms with Gasteiger partial charge in [0, 0.05) is 25.2 Å². The van der Waals surface area contributed by atoms with Gasteiger partial charge in [0.25, 0.3) is 0 Å². The van der Waals surface area contributed by atoms with E-state index in [-0.39, 0.29) is 0 Å². The molecule has 3 nitrogen and oxygen atoms in total. The molecule has 84 valence electrons. The van der Waals surface area contributed by atoms with Crippen LogP contribution in [-0.4, -0.2) is 23.1 Å². The van der Waals surface area contributed by atoms with Crippen LogP contribution in [0.15, 0.2) is 0 Å². The summed E-state index contributed by atoms with van der Waals surface area (Å²) in [5.41, 5.74) is 2.80. The minimum absolute atomic E-state index is 0.821. The molecule has 2 rings (SSSR count). The summed E-state index contributed by atoms with van der Waals surface area (Å²) in [6.45, 7) is 6.66. The molecule has 1 unspecified atom stereocenters. The minimum atomic E-state index is 0.821. The van der Waals surface area contributed by atoms with E-state index < -0.39 is 0 Å². The van der Waals surface area contributed by atoms with E-state index in [4.69, 9.17) is 0 Å². The fraction of sp³-hybridized carbons (Fsp3) is 0.750. The first-order valence-electron chi connectivity index (χ1n) is 5.92. The highest BCUT2D eigenvalue weighted by atomic mass is 15.1. The largest absolute Gasteiger partial charge is 0.332 e. The van der Waals surface area contributed by atoms with E-state index in [0.717, 1.165) is 25.4 Å². The van der Waals surface area contributed by atoms with E-state index in [1.165, 1.54) is 30.1 Å². The molecule has 0 saturated heterocycles. The third-order valence-electron chi connectivity index (χ3n) is 3.35. The van der Waals surface area contributed by atoms with Gasteiger partial charge in [0.05, 0.1) is 5.69 Å². The summed E-state index contributed by atoms with van der Waals surface area (Å²) in [6.07, 6.45) is 3.57. The zero-order chi connectivity index (χ0) is 10.8. The lowest BCUT2D eigenvalue weighted by Crippen LogP contribution is -2.19. The highest BCUT2D eigenvalue weighted by Crippen LogP contribution is 2.24. The molecule has 1 aliphatic rings. The molecule has 0 spiro atoms.